The number of nitrogens with one attached hydrogen (secondary N) is 1. The molecule has 0 atom stereocenters. The topological polar surface area (TPSA) is 90.0 Å². The molecule has 1 aromatic carbocycles. The molecule has 8 heteroatoms. The molecule has 2 rings (SSSR count). The predicted octanol–water partition coefficient (Wildman–Crippen LogP) is 1.82. The van der Waals surface area contributed by atoms with Crippen molar-refractivity contribution in [2.75, 3.05) is 10.5 Å². The third-order valence-electron chi connectivity index (χ3n) is 2.57. The van der Waals surface area contributed by atoms with Crippen LogP contribution >= 0.6 is 0 Å². The van der Waals surface area contributed by atoms with E-state index in [1.807, 2.05) is 6.92 Å². The average Bonchev–Trinajstić information content (AvgIpc) is 2.71. The summed E-state index contributed by atoms with van der Waals surface area (Å²) in [5.41, 5.74) is 5.75. The van der Waals surface area contributed by atoms with E-state index in [0.717, 1.165) is 12.5 Å². The number of rotatable bonds is 5. The molecule has 20 heavy (non-hydrogen) atoms. The minimum absolute atomic E-state index is 0.0812. The summed E-state index contributed by atoms with van der Waals surface area (Å²) in [6, 6.07) is 5.18. The van der Waals surface area contributed by atoms with E-state index < -0.39 is 15.8 Å². The highest BCUT2D eigenvalue weighted by Gasteiger charge is 2.21. The predicted molar refractivity (Wildman–Crippen MR) is 74.1 cm³/mol. The third-order valence-corrected chi connectivity index (χ3v) is 3.97. The molecule has 0 unspecified atom stereocenters. The fourth-order valence-corrected chi connectivity index (χ4v) is 2.85. The lowest BCUT2D eigenvalue weighted by Gasteiger charge is -2.06. The zero-order valence-electron chi connectivity index (χ0n) is 10.9. The van der Waals surface area contributed by atoms with Crippen molar-refractivity contribution >= 4 is 21.5 Å². The van der Waals surface area contributed by atoms with Gasteiger partial charge in [-0.25, -0.2) is 12.8 Å². The number of aromatic nitrogens is 2. The minimum Gasteiger partial charge on any atom is -0.381 e. The largest absolute Gasteiger partial charge is 0.381 e. The molecular weight excluding hydrogens is 283 g/mol. The molecule has 0 aliphatic carbocycles. The number of anilines is 2. The number of halogens is 1. The molecular formula is C12H15FN4O2S. The van der Waals surface area contributed by atoms with Crippen LogP contribution < -0.4 is 10.5 Å². The number of hydrogen-bond acceptors (Lipinski definition) is 4. The Kier molecular flexibility index (Phi) is 3.93. The second-order valence-corrected chi connectivity index (χ2v) is 5.91. The Hall–Kier alpha value is -2.09. The lowest BCUT2D eigenvalue weighted by atomic mass is 10.3. The maximum Gasteiger partial charge on any atom is 0.267 e. The first-order valence-electron chi connectivity index (χ1n) is 6.03. The fraction of sp³-hybridized carbons (Fsp3) is 0.250. The van der Waals surface area contributed by atoms with Crippen LogP contribution in [0.25, 0.3) is 0 Å². The Morgan fingerprint density at radius 1 is 1.45 bits per heavy atom. The second kappa shape index (κ2) is 5.49. The fourth-order valence-electron chi connectivity index (χ4n) is 1.73. The maximum atomic E-state index is 13.1. The van der Waals surface area contributed by atoms with E-state index in [2.05, 4.69) is 9.82 Å². The molecule has 0 fully saturated rings. The van der Waals surface area contributed by atoms with Crippen molar-refractivity contribution in [3.63, 3.8) is 0 Å². The van der Waals surface area contributed by atoms with E-state index in [-0.39, 0.29) is 16.4 Å². The van der Waals surface area contributed by atoms with E-state index in [1.54, 1.807) is 0 Å². The van der Waals surface area contributed by atoms with Crippen molar-refractivity contribution in [2.24, 2.45) is 0 Å². The molecule has 2 aromatic rings. The van der Waals surface area contributed by atoms with Gasteiger partial charge in [-0.05, 0) is 24.6 Å². The van der Waals surface area contributed by atoms with Crippen LogP contribution in [-0.4, -0.2) is 18.2 Å². The Bertz CT molecular complexity index is 712. The molecule has 6 nitrogen and oxygen atoms in total. The minimum atomic E-state index is -3.88. The van der Waals surface area contributed by atoms with Crippen LogP contribution in [0.15, 0.2) is 35.4 Å². The van der Waals surface area contributed by atoms with Crippen LogP contribution in [0.3, 0.4) is 0 Å². The van der Waals surface area contributed by atoms with Crippen molar-refractivity contribution in [2.45, 2.75) is 24.8 Å². The summed E-state index contributed by atoms with van der Waals surface area (Å²) in [6.07, 6.45) is 2.17. The summed E-state index contributed by atoms with van der Waals surface area (Å²) < 4.78 is 41.2. The first kappa shape index (κ1) is 14.3. The number of nitrogen functional groups attached to an aromatic ring is 1. The summed E-state index contributed by atoms with van der Waals surface area (Å²) in [6.45, 7) is 2.51. The number of hydrogen-bond donors (Lipinski definition) is 2. The van der Waals surface area contributed by atoms with Gasteiger partial charge in [0.25, 0.3) is 10.0 Å². The van der Waals surface area contributed by atoms with E-state index in [4.69, 9.17) is 5.73 Å². The van der Waals surface area contributed by atoms with Gasteiger partial charge in [0.2, 0.25) is 0 Å². The van der Waals surface area contributed by atoms with E-state index in [0.29, 0.717) is 6.54 Å². The Morgan fingerprint density at radius 3 is 2.85 bits per heavy atom. The van der Waals surface area contributed by atoms with E-state index in [1.165, 1.54) is 29.1 Å². The molecule has 0 aliphatic rings. The SMILES string of the molecule is CCCn1cc(S(=O)(=O)Nc2cccc(F)c2)c(N)n1. The summed E-state index contributed by atoms with van der Waals surface area (Å²) in [5.74, 6) is -0.609. The van der Waals surface area contributed by atoms with Crippen molar-refractivity contribution in [3.05, 3.63) is 36.3 Å². The van der Waals surface area contributed by atoms with Gasteiger partial charge in [-0.1, -0.05) is 13.0 Å². The molecule has 0 radical (unpaired) electrons. The highest BCUT2D eigenvalue weighted by atomic mass is 32.2. The van der Waals surface area contributed by atoms with E-state index in [9.17, 15) is 12.8 Å². The smallest absolute Gasteiger partial charge is 0.267 e. The molecule has 0 bridgehead atoms. The zero-order chi connectivity index (χ0) is 14.8. The van der Waals surface area contributed by atoms with Crippen LogP contribution in [0, 0.1) is 5.82 Å². The van der Waals surface area contributed by atoms with Crippen LogP contribution in [0.2, 0.25) is 0 Å². The maximum absolute atomic E-state index is 13.1. The van der Waals surface area contributed by atoms with Crippen molar-refractivity contribution in [1.82, 2.24) is 9.78 Å². The molecule has 0 saturated heterocycles. The molecule has 0 amide bonds. The number of benzene rings is 1. The van der Waals surface area contributed by atoms with Gasteiger partial charge in [-0.3, -0.25) is 9.40 Å². The summed E-state index contributed by atoms with van der Waals surface area (Å²) in [7, 11) is -3.88. The van der Waals surface area contributed by atoms with Gasteiger partial charge in [-0.2, -0.15) is 5.10 Å². The highest BCUT2D eigenvalue weighted by molar-refractivity contribution is 7.92. The molecule has 0 saturated carbocycles. The van der Waals surface area contributed by atoms with Gasteiger partial charge in [0.05, 0.1) is 5.69 Å². The lowest BCUT2D eigenvalue weighted by molar-refractivity contribution is 0.595. The standard InChI is InChI=1S/C12H15FN4O2S/c1-2-6-17-8-11(12(14)15-17)20(18,19)16-10-5-3-4-9(13)7-10/h3-5,7-8,16H,2,6H2,1H3,(H2,14,15). The Labute approximate surface area is 116 Å². The lowest BCUT2D eigenvalue weighted by Crippen LogP contribution is -2.14. The van der Waals surface area contributed by atoms with Crippen LogP contribution in [-0.2, 0) is 16.6 Å². The molecule has 3 N–H and O–H groups in total. The summed E-state index contributed by atoms with van der Waals surface area (Å²) in [4.78, 5) is -0.116. The normalized spacial score (nSPS) is 11.5. The Balaban J connectivity index is 2.30. The second-order valence-electron chi connectivity index (χ2n) is 4.26. The molecule has 0 spiro atoms. The molecule has 1 heterocycles. The number of nitrogens with two attached hydrogens (primary N) is 1. The third kappa shape index (κ3) is 3.08. The molecule has 1 aromatic heterocycles. The zero-order valence-corrected chi connectivity index (χ0v) is 11.7. The molecule has 0 aliphatic heterocycles. The van der Waals surface area contributed by atoms with Gasteiger partial charge in [0.15, 0.2) is 5.82 Å². The highest BCUT2D eigenvalue weighted by Crippen LogP contribution is 2.21. The van der Waals surface area contributed by atoms with Crippen LogP contribution in [0.1, 0.15) is 13.3 Å². The first-order valence-corrected chi connectivity index (χ1v) is 7.52. The van der Waals surface area contributed by atoms with Gasteiger partial charge < -0.3 is 5.73 Å². The number of aryl methyl sites for hydroxylation is 1. The Morgan fingerprint density at radius 2 is 2.20 bits per heavy atom. The van der Waals surface area contributed by atoms with Crippen molar-refractivity contribution < 1.29 is 12.8 Å². The number of nitrogens with zero attached hydrogens (tertiary/aromatic N) is 2. The van der Waals surface area contributed by atoms with E-state index >= 15 is 0 Å². The first-order chi connectivity index (χ1) is 9.42. The van der Waals surface area contributed by atoms with Crippen molar-refractivity contribution in [3.8, 4) is 0 Å². The van der Waals surface area contributed by atoms with Crippen LogP contribution in [0.4, 0.5) is 15.9 Å². The van der Waals surface area contributed by atoms with Crippen molar-refractivity contribution in [1.29, 1.82) is 0 Å². The monoisotopic (exact) mass is 298 g/mol. The van der Waals surface area contributed by atoms with Crippen LogP contribution in [0.5, 0.6) is 0 Å². The molecule has 108 valence electrons. The number of sulfonamides is 1. The van der Waals surface area contributed by atoms with Gasteiger partial charge in [-0.15, -0.1) is 0 Å². The van der Waals surface area contributed by atoms with Gasteiger partial charge in [0, 0.05) is 12.7 Å². The average molecular weight is 298 g/mol. The van der Waals surface area contributed by atoms with Gasteiger partial charge in [0.1, 0.15) is 10.7 Å². The quantitative estimate of drug-likeness (QED) is 0.881. The summed E-state index contributed by atoms with van der Waals surface area (Å²) >= 11 is 0. The van der Waals surface area contributed by atoms with Gasteiger partial charge >= 0.3 is 0 Å². The summed E-state index contributed by atoms with van der Waals surface area (Å²) in [5, 5.41) is 3.93.